The Bertz CT molecular complexity index is 830. The van der Waals surface area contributed by atoms with Crippen molar-refractivity contribution in [3.8, 4) is 5.75 Å². The van der Waals surface area contributed by atoms with Crippen LogP contribution in [0.2, 0.25) is 0 Å². The number of aryl methyl sites for hydroxylation is 1. The van der Waals surface area contributed by atoms with E-state index in [1.54, 1.807) is 25.4 Å². The van der Waals surface area contributed by atoms with Crippen LogP contribution in [-0.2, 0) is 11.4 Å². The summed E-state index contributed by atoms with van der Waals surface area (Å²) in [5.41, 5.74) is 1.68. The third-order valence-electron chi connectivity index (χ3n) is 3.63. The predicted octanol–water partition coefficient (Wildman–Crippen LogP) is 2.76. The number of para-hydroxylation sites is 1. The number of hydrogen-bond donors (Lipinski definition) is 1. The van der Waals surface area contributed by atoms with E-state index in [1.165, 1.54) is 4.68 Å². The molecule has 25 heavy (non-hydrogen) atoms. The number of nitrogens with one attached hydrogen (secondary N) is 1. The molecule has 1 N–H and O–H groups in total. The molecule has 0 fully saturated rings. The lowest BCUT2D eigenvalue weighted by molar-refractivity contribution is -0.119. The van der Waals surface area contributed by atoms with E-state index in [9.17, 15) is 4.79 Å². The zero-order valence-electron chi connectivity index (χ0n) is 14.1. The normalized spacial score (nSPS) is 11.8. The Balaban J connectivity index is 1.58. The van der Waals surface area contributed by atoms with Crippen molar-refractivity contribution in [3.05, 3.63) is 66.1 Å². The molecule has 2 heterocycles. The Morgan fingerprint density at radius 1 is 1.24 bits per heavy atom. The smallest absolute Gasteiger partial charge is 0.250 e. The molecule has 1 amide bonds. The summed E-state index contributed by atoms with van der Waals surface area (Å²) < 4.78 is 7.13. The molecule has 0 radical (unpaired) electrons. The Labute approximate surface area is 145 Å². The van der Waals surface area contributed by atoms with Crippen molar-refractivity contribution in [1.29, 1.82) is 0 Å². The van der Waals surface area contributed by atoms with E-state index in [2.05, 4.69) is 20.6 Å². The highest BCUT2D eigenvalue weighted by atomic mass is 16.5. The molecule has 0 bridgehead atoms. The van der Waals surface area contributed by atoms with Crippen molar-refractivity contribution in [1.82, 2.24) is 20.0 Å². The van der Waals surface area contributed by atoms with E-state index in [-0.39, 0.29) is 12.5 Å². The highest BCUT2D eigenvalue weighted by Crippen LogP contribution is 2.13. The van der Waals surface area contributed by atoms with E-state index in [0.717, 1.165) is 11.3 Å². The van der Waals surface area contributed by atoms with Crippen LogP contribution in [-0.4, -0.2) is 25.9 Å². The lowest BCUT2D eigenvalue weighted by atomic mass is 10.3. The molecule has 7 heteroatoms. The molecule has 0 saturated heterocycles. The third-order valence-corrected chi connectivity index (χ3v) is 3.63. The minimum absolute atomic E-state index is 0.211. The van der Waals surface area contributed by atoms with E-state index in [0.29, 0.717) is 11.5 Å². The Morgan fingerprint density at radius 2 is 2.04 bits per heavy atom. The first-order valence-corrected chi connectivity index (χ1v) is 7.94. The van der Waals surface area contributed by atoms with Crippen molar-refractivity contribution in [2.75, 3.05) is 5.32 Å². The molecular formula is C18H19N5O2. The SMILES string of the molecule is Cc1ccc(NC(=O)C(C)n2cc(COc3ccccc3)nn2)nc1. The fourth-order valence-electron chi connectivity index (χ4n) is 2.14. The van der Waals surface area contributed by atoms with E-state index in [1.807, 2.05) is 43.3 Å². The number of ether oxygens (including phenoxy) is 1. The summed E-state index contributed by atoms with van der Waals surface area (Å²) in [5, 5.41) is 10.8. The number of amides is 1. The molecule has 1 atom stereocenters. The molecule has 3 rings (SSSR count). The molecule has 0 saturated carbocycles. The fourth-order valence-corrected chi connectivity index (χ4v) is 2.14. The minimum atomic E-state index is -0.513. The zero-order valence-corrected chi connectivity index (χ0v) is 14.1. The topological polar surface area (TPSA) is 81.9 Å². The number of hydrogen-bond acceptors (Lipinski definition) is 5. The molecule has 1 aromatic carbocycles. The summed E-state index contributed by atoms with van der Waals surface area (Å²) in [5.74, 6) is 1.06. The molecule has 3 aromatic rings. The van der Waals surface area contributed by atoms with Gasteiger partial charge in [-0.3, -0.25) is 4.79 Å². The summed E-state index contributed by atoms with van der Waals surface area (Å²) in [6, 6.07) is 12.6. The largest absolute Gasteiger partial charge is 0.487 e. The van der Waals surface area contributed by atoms with Crippen molar-refractivity contribution < 1.29 is 9.53 Å². The summed E-state index contributed by atoms with van der Waals surface area (Å²) in [7, 11) is 0. The quantitative estimate of drug-likeness (QED) is 0.748. The van der Waals surface area contributed by atoms with Crippen LogP contribution in [0.25, 0.3) is 0 Å². The van der Waals surface area contributed by atoms with Crippen molar-refractivity contribution in [2.45, 2.75) is 26.5 Å². The van der Waals surface area contributed by atoms with Gasteiger partial charge in [-0.1, -0.05) is 29.5 Å². The minimum Gasteiger partial charge on any atom is -0.487 e. The molecular weight excluding hydrogens is 318 g/mol. The number of carbonyl (C=O) groups excluding carboxylic acids is 1. The van der Waals surface area contributed by atoms with Gasteiger partial charge in [-0.2, -0.15) is 0 Å². The van der Waals surface area contributed by atoms with Gasteiger partial charge in [-0.05, 0) is 37.6 Å². The maximum Gasteiger partial charge on any atom is 0.250 e. The Hall–Kier alpha value is -3.22. The molecule has 128 valence electrons. The van der Waals surface area contributed by atoms with Crippen molar-refractivity contribution >= 4 is 11.7 Å². The van der Waals surface area contributed by atoms with Gasteiger partial charge in [0.05, 0.1) is 6.20 Å². The van der Waals surface area contributed by atoms with E-state index >= 15 is 0 Å². The average Bonchev–Trinajstić information content (AvgIpc) is 3.11. The standard InChI is InChI=1S/C18H19N5O2/c1-13-8-9-17(19-10-13)20-18(24)14(2)23-11-15(21-22-23)12-25-16-6-4-3-5-7-16/h3-11,14H,12H2,1-2H3,(H,19,20,24). The van der Waals surface area contributed by atoms with Crippen LogP contribution in [0.5, 0.6) is 5.75 Å². The molecule has 0 aliphatic carbocycles. The lowest BCUT2D eigenvalue weighted by Gasteiger charge is -2.11. The highest BCUT2D eigenvalue weighted by Gasteiger charge is 2.17. The lowest BCUT2D eigenvalue weighted by Crippen LogP contribution is -2.24. The number of anilines is 1. The zero-order chi connectivity index (χ0) is 17.6. The number of nitrogens with zero attached hydrogens (tertiary/aromatic N) is 4. The van der Waals surface area contributed by atoms with Gasteiger partial charge >= 0.3 is 0 Å². The van der Waals surface area contributed by atoms with Crippen molar-refractivity contribution in [3.63, 3.8) is 0 Å². The second-order valence-electron chi connectivity index (χ2n) is 5.68. The summed E-state index contributed by atoms with van der Waals surface area (Å²) in [4.78, 5) is 16.5. The number of pyridine rings is 1. The summed E-state index contributed by atoms with van der Waals surface area (Å²) in [6.07, 6.45) is 3.41. The van der Waals surface area contributed by atoms with Gasteiger partial charge in [0, 0.05) is 6.20 Å². The molecule has 0 spiro atoms. The highest BCUT2D eigenvalue weighted by molar-refractivity contribution is 5.92. The molecule has 0 aliphatic heterocycles. The van der Waals surface area contributed by atoms with E-state index < -0.39 is 6.04 Å². The van der Waals surface area contributed by atoms with Crippen LogP contribution in [0.4, 0.5) is 5.82 Å². The maximum atomic E-state index is 12.3. The third kappa shape index (κ3) is 4.41. The van der Waals surface area contributed by atoms with Gasteiger partial charge < -0.3 is 10.1 Å². The van der Waals surface area contributed by atoms with Crippen LogP contribution in [0, 0.1) is 6.92 Å². The van der Waals surface area contributed by atoms with Crippen LogP contribution in [0.1, 0.15) is 24.2 Å². The fraction of sp³-hybridized carbons (Fsp3) is 0.222. The van der Waals surface area contributed by atoms with Crippen LogP contribution >= 0.6 is 0 Å². The molecule has 2 aromatic heterocycles. The molecule has 1 unspecified atom stereocenters. The van der Waals surface area contributed by atoms with Crippen molar-refractivity contribution in [2.24, 2.45) is 0 Å². The average molecular weight is 337 g/mol. The van der Waals surface area contributed by atoms with Gasteiger partial charge in [-0.15, -0.1) is 5.10 Å². The summed E-state index contributed by atoms with van der Waals surface area (Å²) >= 11 is 0. The monoisotopic (exact) mass is 337 g/mol. The molecule has 7 nitrogen and oxygen atoms in total. The second-order valence-corrected chi connectivity index (χ2v) is 5.68. The first-order chi connectivity index (χ1) is 12.1. The van der Waals surface area contributed by atoms with Crippen LogP contribution in [0.3, 0.4) is 0 Å². The first-order valence-electron chi connectivity index (χ1n) is 7.94. The number of carbonyl (C=O) groups is 1. The van der Waals surface area contributed by atoms with Gasteiger partial charge in [0.15, 0.2) is 0 Å². The predicted molar refractivity (Wildman–Crippen MR) is 93.1 cm³/mol. The van der Waals surface area contributed by atoms with Gasteiger partial charge in [0.1, 0.15) is 29.9 Å². The number of rotatable bonds is 6. The maximum absolute atomic E-state index is 12.3. The first kappa shape index (κ1) is 16.6. The molecule has 0 aliphatic rings. The number of benzene rings is 1. The van der Waals surface area contributed by atoms with E-state index in [4.69, 9.17) is 4.74 Å². The van der Waals surface area contributed by atoms with Crippen LogP contribution in [0.15, 0.2) is 54.9 Å². The summed E-state index contributed by atoms with van der Waals surface area (Å²) in [6.45, 7) is 3.98. The Kier molecular flexibility index (Phi) is 5.03. The number of aromatic nitrogens is 4. The van der Waals surface area contributed by atoms with Gasteiger partial charge in [0.2, 0.25) is 5.91 Å². The second kappa shape index (κ2) is 7.57. The van der Waals surface area contributed by atoms with Crippen LogP contribution < -0.4 is 10.1 Å². The Morgan fingerprint density at radius 3 is 2.76 bits per heavy atom. The van der Waals surface area contributed by atoms with Gasteiger partial charge in [-0.25, -0.2) is 9.67 Å². The van der Waals surface area contributed by atoms with Gasteiger partial charge in [0.25, 0.3) is 0 Å².